The van der Waals surface area contributed by atoms with E-state index in [0.717, 1.165) is 28.1 Å². The Labute approximate surface area is 170 Å². The van der Waals surface area contributed by atoms with Crippen molar-refractivity contribution in [3.63, 3.8) is 0 Å². The Kier molecular flexibility index (Phi) is 4.86. The number of amides is 1. The summed E-state index contributed by atoms with van der Waals surface area (Å²) >= 11 is 0. The van der Waals surface area contributed by atoms with E-state index in [1.165, 1.54) is 12.1 Å². The van der Waals surface area contributed by atoms with Crippen LogP contribution in [0.3, 0.4) is 0 Å². The van der Waals surface area contributed by atoms with Crippen molar-refractivity contribution < 1.29 is 13.2 Å². The highest BCUT2D eigenvalue weighted by atomic mass is 32.2. The van der Waals surface area contributed by atoms with Crippen LogP contribution in [0.4, 0.5) is 11.4 Å². The van der Waals surface area contributed by atoms with E-state index >= 15 is 0 Å². The number of hydrogen-bond donors (Lipinski definition) is 2. The zero-order valence-electron chi connectivity index (χ0n) is 16.1. The molecular formula is C22H21N3O3S. The van der Waals surface area contributed by atoms with Crippen molar-refractivity contribution in [3.05, 3.63) is 89.5 Å². The van der Waals surface area contributed by atoms with Gasteiger partial charge in [-0.05, 0) is 42.3 Å². The van der Waals surface area contributed by atoms with E-state index in [0.29, 0.717) is 0 Å². The summed E-state index contributed by atoms with van der Waals surface area (Å²) in [5, 5.41) is 0. The highest BCUT2D eigenvalue weighted by Gasteiger charge is 2.33. The van der Waals surface area contributed by atoms with Gasteiger partial charge >= 0.3 is 0 Å². The molecule has 3 aromatic carbocycles. The first-order valence-corrected chi connectivity index (χ1v) is 10.7. The smallest absolute Gasteiger partial charge is 0.257 e. The predicted molar refractivity (Wildman–Crippen MR) is 112 cm³/mol. The third kappa shape index (κ3) is 3.50. The van der Waals surface area contributed by atoms with Crippen LogP contribution in [0.25, 0.3) is 0 Å². The molecule has 0 fully saturated rings. The number of benzene rings is 3. The van der Waals surface area contributed by atoms with Crippen LogP contribution in [-0.4, -0.2) is 21.4 Å². The molecule has 7 heteroatoms. The molecule has 0 unspecified atom stereocenters. The Bertz CT molecular complexity index is 1130. The highest BCUT2D eigenvalue weighted by Crippen LogP contribution is 2.44. The first kappa shape index (κ1) is 19.2. The summed E-state index contributed by atoms with van der Waals surface area (Å²) < 4.78 is 25.1. The van der Waals surface area contributed by atoms with Crippen molar-refractivity contribution in [2.24, 2.45) is 0 Å². The third-order valence-electron chi connectivity index (χ3n) is 5.12. The number of fused-ring (bicyclic) bond motifs is 2. The zero-order chi connectivity index (χ0) is 20.6. The Morgan fingerprint density at radius 1 is 0.862 bits per heavy atom. The number of carbonyl (C=O) groups is 1. The molecule has 29 heavy (non-hydrogen) atoms. The lowest BCUT2D eigenvalue weighted by atomic mass is 9.84. The lowest BCUT2D eigenvalue weighted by Crippen LogP contribution is -2.45. The van der Waals surface area contributed by atoms with Gasteiger partial charge in [-0.3, -0.25) is 10.2 Å². The molecule has 1 heterocycles. The van der Waals surface area contributed by atoms with Crippen LogP contribution in [0.5, 0.6) is 0 Å². The van der Waals surface area contributed by atoms with Crippen molar-refractivity contribution in [3.8, 4) is 0 Å². The van der Waals surface area contributed by atoms with Gasteiger partial charge in [0.05, 0.1) is 10.8 Å². The number of sulfonamides is 1. The number of anilines is 2. The number of para-hydroxylation sites is 2. The van der Waals surface area contributed by atoms with Crippen molar-refractivity contribution in [2.75, 3.05) is 11.9 Å². The molecular weight excluding hydrogens is 386 g/mol. The molecule has 0 saturated heterocycles. The van der Waals surface area contributed by atoms with Gasteiger partial charge in [0.1, 0.15) is 0 Å². The second-order valence-corrected chi connectivity index (χ2v) is 8.70. The van der Waals surface area contributed by atoms with E-state index in [-0.39, 0.29) is 4.90 Å². The molecule has 0 atom stereocenters. The van der Waals surface area contributed by atoms with Gasteiger partial charge in [-0.15, -0.1) is 4.83 Å². The van der Waals surface area contributed by atoms with Crippen LogP contribution in [0.1, 0.15) is 22.6 Å². The van der Waals surface area contributed by atoms with Gasteiger partial charge in [-0.2, -0.15) is 0 Å². The number of rotatable bonds is 4. The molecule has 0 bridgehead atoms. The Morgan fingerprint density at radius 2 is 1.38 bits per heavy atom. The second-order valence-electron chi connectivity index (χ2n) is 7.02. The van der Waals surface area contributed by atoms with Crippen LogP contribution < -0.4 is 15.2 Å². The lowest BCUT2D eigenvalue weighted by molar-refractivity contribution is -0.122. The Morgan fingerprint density at radius 3 is 1.93 bits per heavy atom. The van der Waals surface area contributed by atoms with Crippen LogP contribution >= 0.6 is 0 Å². The van der Waals surface area contributed by atoms with Crippen molar-refractivity contribution in [2.45, 2.75) is 17.7 Å². The summed E-state index contributed by atoms with van der Waals surface area (Å²) in [5.41, 5.74) is 6.82. The van der Waals surface area contributed by atoms with Gasteiger partial charge in [-0.25, -0.2) is 8.42 Å². The van der Waals surface area contributed by atoms with Crippen LogP contribution in [0.15, 0.2) is 77.7 Å². The minimum atomic E-state index is -3.87. The maximum atomic E-state index is 13.1. The van der Waals surface area contributed by atoms with Crippen molar-refractivity contribution in [1.29, 1.82) is 0 Å². The van der Waals surface area contributed by atoms with Gasteiger partial charge in [0.15, 0.2) is 0 Å². The van der Waals surface area contributed by atoms with Crippen LogP contribution in [-0.2, 0) is 14.8 Å². The number of hydrazine groups is 1. The SMILES string of the molecule is Cc1ccc(S(=O)(=O)NNC(=O)C2c3ccccc3N(C)c3ccccc32)cc1. The predicted octanol–water partition coefficient (Wildman–Crippen LogP) is 3.22. The largest absolute Gasteiger partial charge is 0.344 e. The van der Waals surface area contributed by atoms with Crippen LogP contribution in [0.2, 0.25) is 0 Å². The molecule has 0 radical (unpaired) electrons. The maximum absolute atomic E-state index is 13.1. The fraction of sp³-hybridized carbons (Fsp3) is 0.136. The van der Waals surface area contributed by atoms with E-state index in [1.54, 1.807) is 12.1 Å². The number of hydrogen-bond acceptors (Lipinski definition) is 4. The third-order valence-corrected chi connectivity index (χ3v) is 6.38. The topological polar surface area (TPSA) is 78.5 Å². The van der Waals surface area contributed by atoms with Gasteiger partial charge in [-0.1, -0.05) is 54.1 Å². The Hall–Kier alpha value is -3.16. The first-order chi connectivity index (χ1) is 13.9. The molecule has 0 aliphatic carbocycles. The normalized spacial score (nSPS) is 13.5. The summed E-state index contributed by atoms with van der Waals surface area (Å²) in [4.78, 5) is 17.5. The molecule has 6 nitrogen and oxygen atoms in total. The van der Waals surface area contributed by atoms with Gasteiger partial charge in [0.25, 0.3) is 10.0 Å². The second kappa shape index (κ2) is 7.35. The van der Waals surface area contributed by atoms with E-state index in [9.17, 15) is 13.2 Å². The molecule has 0 spiro atoms. The minimum Gasteiger partial charge on any atom is -0.344 e. The standard InChI is InChI=1S/C22H21N3O3S/c1-15-11-13-16(14-12-15)29(27,28)24-23-22(26)21-17-7-3-5-9-19(17)25(2)20-10-6-4-8-18(20)21/h3-14,21,24H,1-2H3,(H,23,26). The average molecular weight is 407 g/mol. The average Bonchev–Trinajstić information content (AvgIpc) is 2.73. The molecule has 4 rings (SSSR count). The summed E-state index contributed by atoms with van der Waals surface area (Å²) in [5.74, 6) is -1.06. The molecule has 1 amide bonds. The number of carbonyl (C=O) groups excluding carboxylic acids is 1. The summed E-state index contributed by atoms with van der Waals surface area (Å²) in [6.45, 7) is 1.88. The Balaban J connectivity index is 1.64. The van der Waals surface area contributed by atoms with Crippen LogP contribution in [0, 0.1) is 6.92 Å². The zero-order valence-corrected chi connectivity index (χ0v) is 16.9. The van der Waals surface area contributed by atoms with Gasteiger partial charge < -0.3 is 4.90 Å². The number of nitrogens with one attached hydrogen (secondary N) is 2. The summed E-state index contributed by atoms with van der Waals surface area (Å²) in [6, 6.07) is 21.7. The van der Waals surface area contributed by atoms with Crippen molar-refractivity contribution in [1.82, 2.24) is 10.3 Å². The maximum Gasteiger partial charge on any atom is 0.257 e. The summed E-state index contributed by atoms with van der Waals surface area (Å²) in [7, 11) is -1.92. The van der Waals surface area contributed by atoms with E-state index < -0.39 is 21.8 Å². The van der Waals surface area contributed by atoms with Gasteiger partial charge in [0, 0.05) is 18.4 Å². The monoisotopic (exact) mass is 407 g/mol. The number of aryl methyl sites for hydroxylation is 1. The van der Waals surface area contributed by atoms with Gasteiger partial charge in [0.2, 0.25) is 5.91 Å². The lowest BCUT2D eigenvalue weighted by Gasteiger charge is -2.34. The van der Waals surface area contributed by atoms with E-state index in [4.69, 9.17) is 0 Å². The summed E-state index contributed by atoms with van der Waals surface area (Å²) in [6.07, 6.45) is 0. The fourth-order valence-electron chi connectivity index (χ4n) is 3.62. The molecule has 3 aromatic rings. The molecule has 1 aliphatic rings. The van der Waals surface area contributed by atoms with E-state index in [2.05, 4.69) is 10.3 Å². The highest BCUT2D eigenvalue weighted by molar-refractivity contribution is 7.89. The minimum absolute atomic E-state index is 0.0903. The van der Waals surface area contributed by atoms with Crippen molar-refractivity contribution >= 4 is 27.3 Å². The molecule has 148 valence electrons. The fourth-order valence-corrected chi connectivity index (χ4v) is 4.47. The molecule has 1 aliphatic heterocycles. The quantitative estimate of drug-likeness (QED) is 0.651. The van der Waals surface area contributed by atoms with E-state index in [1.807, 2.05) is 67.4 Å². The molecule has 0 saturated carbocycles. The molecule has 0 aromatic heterocycles. The first-order valence-electron chi connectivity index (χ1n) is 9.18. The molecule has 2 N–H and O–H groups in total. The number of nitrogens with zero attached hydrogens (tertiary/aromatic N) is 1.